The first-order valence-corrected chi connectivity index (χ1v) is 12.3. The molecule has 0 unspecified atom stereocenters. The molecule has 0 aliphatic carbocycles. The monoisotopic (exact) mass is 492 g/mol. The highest BCUT2D eigenvalue weighted by atomic mass is 32.1. The van der Waals surface area contributed by atoms with Gasteiger partial charge in [0.05, 0.1) is 18.8 Å². The van der Waals surface area contributed by atoms with Gasteiger partial charge in [-0.3, -0.25) is 19.1 Å². The van der Waals surface area contributed by atoms with Crippen LogP contribution >= 0.6 is 11.3 Å². The summed E-state index contributed by atoms with van der Waals surface area (Å²) in [6.07, 6.45) is 1.44. The minimum atomic E-state index is -0.335. The lowest BCUT2D eigenvalue weighted by Gasteiger charge is -2.34. The molecule has 7 nitrogen and oxygen atoms in total. The zero-order valence-electron chi connectivity index (χ0n) is 19.3. The lowest BCUT2D eigenvalue weighted by Crippen LogP contribution is -2.49. The maximum absolute atomic E-state index is 13.3. The number of hydrogen-bond donors (Lipinski definition) is 0. The summed E-state index contributed by atoms with van der Waals surface area (Å²) in [5.41, 5.74) is 2.39. The van der Waals surface area contributed by atoms with E-state index in [0.717, 1.165) is 30.9 Å². The zero-order valence-corrected chi connectivity index (χ0v) is 20.1. The third kappa shape index (κ3) is 4.96. The van der Waals surface area contributed by atoms with E-state index in [-0.39, 0.29) is 23.8 Å². The number of nitrogens with zero attached hydrogens (tertiary/aromatic N) is 4. The van der Waals surface area contributed by atoms with Gasteiger partial charge in [0.15, 0.2) is 0 Å². The van der Waals surface area contributed by atoms with Gasteiger partial charge in [0.1, 0.15) is 22.9 Å². The topological polar surface area (TPSA) is 67.7 Å². The van der Waals surface area contributed by atoms with Gasteiger partial charge in [0, 0.05) is 43.7 Å². The largest absolute Gasteiger partial charge is 0.497 e. The summed E-state index contributed by atoms with van der Waals surface area (Å²) in [7, 11) is 1.65. The number of hydrogen-bond acceptors (Lipinski definition) is 6. The van der Waals surface area contributed by atoms with E-state index in [1.54, 1.807) is 24.1 Å². The molecule has 1 saturated heterocycles. The van der Waals surface area contributed by atoms with Crippen molar-refractivity contribution in [2.24, 2.45) is 0 Å². The van der Waals surface area contributed by atoms with Crippen LogP contribution < -0.4 is 10.3 Å². The maximum atomic E-state index is 13.3. The van der Waals surface area contributed by atoms with Gasteiger partial charge < -0.3 is 9.64 Å². The number of piperazine rings is 1. The van der Waals surface area contributed by atoms with Crippen molar-refractivity contribution in [1.82, 2.24) is 19.4 Å². The van der Waals surface area contributed by atoms with E-state index in [2.05, 4.69) is 22.0 Å². The van der Waals surface area contributed by atoms with Crippen LogP contribution in [0, 0.1) is 5.82 Å². The molecule has 0 N–H and O–H groups in total. The second kappa shape index (κ2) is 9.97. The molecule has 1 fully saturated rings. The van der Waals surface area contributed by atoms with Gasteiger partial charge in [-0.15, -0.1) is 11.3 Å². The molecule has 180 valence electrons. The Bertz CT molecular complexity index is 1390. The van der Waals surface area contributed by atoms with Crippen molar-refractivity contribution in [3.8, 4) is 16.9 Å². The van der Waals surface area contributed by atoms with E-state index >= 15 is 0 Å². The number of ether oxygens (including phenoxy) is 1. The summed E-state index contributed by atoms with van der Waals surface area (Å²) in [4.78, 5) is 35.3. The summed E-state index contributed by atoms with van der Waals surface area (Å²) in [6.45, 7) is 3.51. The Balaban J connectivity index is 1.25. The molecule has 2 aromatic carbocycles. The van der Waals surface area contributed by atoms with Crippen molar-refractivity contribution in [2.75, 3.05) is 33.3 Å². The van der Waals surface area contributed by atoms with Crippen LogP contribution in [-0.2, 0) is 17.9 Å². The number of thiophene rings is 1. The zero-order chi connectivity index (χ0) is 24.4. The number of rotatable bonds is 6. The molecule has 5 rings (SSSR count). The van der Waals surface area contributed by atoms with Crippen molar-refractivity contribution in [3.63, 3.8) is 0 Å². The van der Waals surface area contributed by atoms with Crippen LogP contribution in [0.2, 0.25) is 0 Å². The van der Waals surface area contributed by atoms with Crippen molar-refractivity contribution < 1.29 is 13.9 Å². The van der Waals surface area contributed by atoms with E-state index in [0.29, 0.717) is 28.9 Å². The predicted octanol–water partition coefficient (Wildman–Crippen LogP) is 3.62. The first-order chi connectivity index (χ1) is 17.0. The van der Waals surface area contributed by atoms with Crippen molar-refractivity contribution in [3.05, 3.63) is 82.0 Å². The van der Waals surface area contributed by atoms with E-state index in [4.69, 9.17) is 4.74 Å². The molecular weight excluding hydrogens is 467 g/mol. The summed E-state index contributed by atoms with van der Waals surface area (Å²) in [6, 6.07) is 14.0. The Labute approximate surface area is 206 Å². The highest BCUT2D eigenvalue weighted by molar-refractivity contribution is 7.17. The summed E-state index contributed by atoms with van der Waals surface area (Å²) < 4.78 is 19.9. The number of carbonyl (C=O) groups is 1. The summed E-state index contributed by atoms with van der Waals surface area (Å²) in [5.74, 6) is 0.397. The minimum absolute atomic E-state index is 0.0566. The molecule has 0 atom stereocenters. The highest BCUT2D eigenvalue weighted by Gasteiger charge is 2.22. The SMILES string of the molecule is COc1ccc(CN2CCN(C(=O)Cn3cnc4scc(-c5ccc(F)cc5)c4c3=O)CC2)cc1. The van der Waals surface area contributed by atoms with Gasteiger partial charge in [0.2, 0.25) is 5.91 Å². The van der Waals surface area contributed by atoms with Gasteiger partial charge in [-0.1, -0.05) is 24.3 Å². The molecule has 0 bridgehead atoms. The van der Waals surface area contributed by atoms with Crippen molar-refractivity contribution in [2.45, 2.75) is 13.1 Å². The quantitative estimate of drug-likeness (QED) is 0.411. The molecule has 9 heteroatoms. The van der Waals surface area contributed by atoms with Gasteiger partial charge in [-0.05, 0) is 35.4 Å². The molecule has 3 heterocycles. The lowest BCUT2D eigenvalue weighted by molar-refractivity contribution is -0.133. The van der Waals surface area contributed by atoms with Gasteiger partial charge in [-0.2, -0.15) is 0 Å². The molecular formula is C26H25FN4O3S. The predicted molar refractivity (Wildman–Crippen MR) is 134 cm³/mol. The second-order valence-corrected chi connectivity index (χ2v) is 9.38. The second-order valence-electron chi connectivity index (χ2n) is 8.52. The first-order valence-electron chi connectivity index (χ1n) is 11.4. The van der Waals surface area contributed by atoms with Gasteiger partial charge in [0.25, 0.3) is 5.56 Å². The number of amides is 1. The maximum Gasteiger partial charge on any atom is 0.263 e. The van der Waals surface area contributed by atoms with E-state index in [1.807, 2.05) is 17.5 Å². The number of methoxy groups -OCH3 is 1. The number of carbonyl (C=O) groups excluding carboxylic acids is 1. The Morgan fingerprint density at radius 3 is 2.46 bits per heavy atom. The van der Waals surface area contributed by atoms with Crippen LogP contribution in [0.3, 0.4) is 0 Å². The molecule has 1 aliphatic rings. The summed E-state index contributed by atoms with van der Waals surface area (Å²) in [5, 5.41) is 2.31. The smallest absolute Gasteiger partial charge is 0.263 e. The van der Waals surface area contributed by atoms with Gasteiger partial charge >= 0.3 is 0 Å². The van der Waals surface area contributed by atoms with Crippen LogP contribution in [0.5, 0.6) is 5.75 Å². The Kier molecular flexibility index (Phi) is 6.61. The van der Waals surface area contributed by atoms with E-state index in [1.165, 1.54) is 39.9 Å². The third-order valence-corrected chi connectivity index (χ3v) is 7.20. The molecule has 1 aliphatic heterocycles. The molecule has 0 spiro atoms. The van der Waals surface area contributed by atoms with E-state index < -0.39 is 0 Å². The third-order valence-electron chi connectivity index (χ3n) is 6.31. The average molecular weight is 493 g/mol. The van der Waals surface area contributed by atoms with Crippen LogP contribution in [0.4, 0.5) is 4.39 Å². The van der Waals surface area contributed by atoms with Crippen molar-refractivity contribution in [1.29, 1.82) is 0 Å². The molecule has 0 saturated carbocycles. The van der Waals surface area contributed by atoms with E-state index in [9.17, 15) is 14.0 Å². The first kappa shape index (κ1) is 23.2. The number of aromatic nitrogens is 2. The Morgan fingerprint density at radius 2 is 1.77 bits per heavy atom. The molecule has 35 heavy (non-hydrogen) atoms. The fraction of sp³-hybridized carbons (Fsp3) is 0.269. The average Bonchev–Trinajstić information content (AvgIpc) is 3.32. The molecule has 0 radical (unpaired) electrons. The lowest BCUT2D eigenvalue weighted by atomic mass is 10.1. The molecule has 1 amide bonds. The number of fused-ring (bicyclic) bond motifs is 1. The highest BCUT2D eigenvalue weighted by Crippen LogP contribution is 2.30. The summed E-state index contributed by atoms with van der Waals surface area (Å²) >= 11 is 1.36. The van der Waals surface area contributed by atoms with Crippen LogP contribution in [0.1, 0.15) is 5.56 Å². The van der Waals surface area contributed by atoms with Crippen LogP contribution in [0.15, 0.2) is 65.0 Å². The van der Waals surface area contributed by atoms with Crippen molar-refractivity contribution >= 4 is 27.5 Å². The van der Waals surface area contributed by atoms with Crippen LogP contribution in [0.25, 0.3) is 21.3 Å². The fourth-order valence-electron chi connectivity index (χ4n) is 4.31. The molecule has 4 aromatic rings. The number of halogens is 1. The van der Waals surface area contributed by atoms with Crippen LogP contribution in [-0.4, -0.2) is 58.5 Å². The number of benzene rings is 2. The Morgan fingerprint density at radius 1 is 1.06 bits per heavy atom. The Hall–Kier alpha value is -3.56. The molecule has 2 aromatic heterocycles. The normalized spacial score (nSPS) is 14.4. The fourth-order valence-corrected chi connectivity index (χ4v) is 5.22. The standard InChI is InChI=1S/C26H25FN4O3S/c1-34-21-8-2-18(3-9-21)14-29-10-12-30(13-11-29)23(32)15-31-17-28-25-24(26(31)33)22(16-35-25)19-4-6-20(27)7-5-19/h2-9,16-17H,10-15H2,1H3. The van der Waals surface area contributed by atoms with Gasteiger partial charge in [-0.25, -0.2) is 9.37 Å². The minimum Gasteiger partial charge on any atom is -0.497 e.